The van der Waals surface area contributed by atoms with Crippen LogP contribution in [0.1, 0.15) is 56.6 Å². The van der Waals surface area contributed by atoms with Gasteiger partial charge in [-0.3, -0.25) is 0 Å². The van der Waals surface area contributed by atoms with Gasteiger partial charge < -0.3 is 15.2 Å². The van der Waals surface area contributed by atoms with Crippen molar-refractivity contribution in [2.24, 2.45) is 11.8 Å². The minimum atomic E-state index is -0.0207. The number of carbonyl (C=O) groups is 1. The molecule has 2 fully saturated rings. The van der Waals surface area contributed by atoms with Crippen LogP contribution in [0.15, 0.2) is 0 Å². The summed E-state index contributed by atoms with van der Waals surface area (Å²) in [6.45, 7) is 1.65. The molecule has 0 unspecified atom stereocenters. The fraction of sp³-hybridized carbons (Fsp3) is 0.824. The second kappa shape index (κ2) is 6.49. The Bertz CT molecular complexity index is 565. The first kappa shape index (κ1) is 15.0. The van der Waals surface area contributed by atoms with Crippen LogP contribution in [0.4, 0.5) is 4.79 Å². The largest absolute Gasteiger partial charge is 0.338 e. The van der Waals surface area contributed by atoms with Crippen LogP contribution in [-0.2, 0) is 19.4 Å². The summed E-state index contributed by atoms with van der Waals surface area (Å²) in [5.41, 5.74) is 0. The van der Waals surface area contributed by atoms with Gasteiger partial charge in [0.25, 0.3) is 0 Å². The van der Waals surface area contributed by atoms with E-state index in [1.54, 1.807) is 0 Å². The molecule has 0 radical (unpaired) electrons. The van der Waals surface area contributed by atoms with E-state index in [4.69, 9.17) is 0 Å². The molecule has 1 aromatic heterocycles. The molecule has 6 nitrogen and oxygen atoms in total. The van der Waals surface area contributed by atoms with Crippen molar-refractivity contribution < 1.29 is 4.79 Å². The van der Waals surface area contributed by atoms with Crippen molar-refractivity contribution >= 4 is 6.03 Å². The van der Waals surface area contributed by atoms with Gasteiger partial charge in [0.05, 0.1) is 0 Å². The summed E-state index contributed by atoms with van der Waals surface area (Å²) in [5, 5.41) is 14.6. The van der Waals surface area contributed by atoms with Gasteiger partial charge in [0.2, 0.25) is 0 Å². The minimum Gasteiger partial charge on any atom is -0.338 e. The predicted molar refractivity (Wildman–Crippen MR) is 87.1 cm³/mol. The molecule has 23 heavy (non-hydrogen) atoms. The van der Waals surface area contributed by atoms with E-state index in [1.807, 2.05) is 0 Å². The van der Waals surface area contributed by atoms with Crippen molar-refractivity contribution in [2.75, 3.05) is 6.54 Å². The Balaban J connectivity index is 1.19. The molecule has 0 bridgehead atoms. The molecule has 2 saturated carbocycles. The number of aryl methyl sites for hydroxylation is 1. The van der Waals surface area contributed by atoms with Crippen LogP contribution in [0.2, 0.25) is 0 Å². The highest BCUT2D eigenvalue weighted by molar-refractivity contribution is 5.74. The van der Waals surface area contributed by atoms with Crippen LogP contribution in [-0.4, -0.2) is 33.4 Å². The Morgan fingerprint density at radius 1 is 1.13 bits per heavy atom. The minimum absolute atomic E-state index is 0.0207. The Hall–Kier alpha value is -1.59. The molecule has 0 saturated heterocycles. The highest BCUT2D eigenvalue weighted by Gasteiger charge is 2.35. The van der Waals surface area contributed by atoms with E-state index in [-0.39, 0.29) is 6.03 Å². The SMILES string of the molecule is O=C(NCCc1nnc2n1CCC2)N[C@H]1CCC[C@H](C2CC2)C1. The molecule has 0 aromatic carbocycles. The lowest BCUT2D eigenvalue weighted by molar-refractivity contribution is 0.221. The van der Waals surface area contributed by atoms with Gasteiger partial charge in [-0.2, -0.15) is 0 Å². The first-order chi connectivity index (χ1) is 11.3. The fourth-order valence-electron chi connectivity index (χ4n) is 4.27. The molecule has 2 aliphatic carbocycles. The van der Waals surface area contributed by atoms with Crippen LogP contribution in [0.5, 0.6) is 0 Å². The molecule has 126 valence electrons. The molecule has 2 heterocycles. The Labute approximate surface area is 137 Å². The standard InChI is InChI=1S/C17H27N5O/c23-17(19-14-4-1-3-13(11-14)12-6-7-12)18-9-8-16-21-20-15-5-2-10-22(15)16/h12-14H,1-11H2,(H2,18,19,23)/t13-,14-/m0/s1. The number of hydrogen-bond donors (Lipinski definition) is 2. The molecule has 2 atom stereocenters. The normalized spacial score (nSPS) is 26.8. The lowest BCUT2D eigenvalue weighted by Crippen LogP contribution is -2.44. The van der Waals surface area contributed by atoms with Crippen molar-refractivity contribution in [1.29, 1.82) is 0 Å². The van der Waals surface area contributed by atoms with E-state index < -0.39 is 0 Å². The van der Waals surface area contributed by atoms with Gasteiger partial charge in [-0.05, 0) is 43.9 Å². The number of hydrogen-bond acceptors (Lipinski definition) is 3. The first-order valence-corrected chi connectivity index (χ1v) is 9.25. The van der Waals surface area contributed by atoms with Crippen molar-refractivity contribution in [3.05, 3.63) is 11.6 Å². The zero-order valence-corrected chi connectivity index (χ0v) is 13.8. The number of nitrogens with one attached hydrogen (secondary N) is 2. The number of amides is 2. The summed E-state index contributed by atoms with van der Waals surface area (Å²) >= 11 is 0. The summed E-state index contributed by atoms with van der Waals surface area (Å²) in [5.74, 6) is 3.91. The number of carbonyl (C=O) groups excluding carboxylic acids is 1. The van der Waals surface area contributed by atoms with Crippen LogP contribution in [0.25, 0.3) is 0 Å². The van der Waals surface area contributed by atoms with E-state index in [0.717, 1.165) is 55.7 Å². The highest BCUT2D eigenvalue weighted by atomic mass is 16.2. The van der Waals surface area contributed by atoms with Gasteiger partial charge in [-0.25, -0.2) is 4.79 Å². The van der Waals surface area contributed by atoms with Crippen molar-refractivity contribution in [1.82, 2.24) is 25.4 Å². The van der Waals surface area contributed by atoms with E-state index in [9.17, 15) is 4.79 Å². The zero-order chi connectivity index (χ0) is 15.6. The van der Waals surface area contributed by atoms with E-state index in [1.165, 1.54) is 32.1 Å². The third kappa shape index (κ3) is 3.51. The van der Waals surface area contributed by atoms with Gasteiger partial charge in [0.1, 0.15) is 11.6 Å². The van der Waals surface area contributed by atoms with Gasteiger partial charge in [-0.15, -0.1) is 10.2 Å². The van der Waals surface area contributed by atoms with Crippen LogP contribution in [0, 0.1) is 11.8 Å². The summed E-state index contributed by atoms with van der Waals surface area (Å²) < 4.78 is 2.20. The maximum Gasteiger partial charge on any atom is 0.315 e. The second-order valence-electron chi connectivity index (χ2n) is 7.40. The summed E-state index contributed by atoms with van der Waals surface area (Å²) in [6.07, 6.45) is 10.7. The van der Waals surface area contributed by atoms with Crippen molar-refractivity contribution in [3.63, 3.8) is 0 Å². The summed E-state index contributed by atoms with van der Waals surface area (Å²) in [7, 11) is 0. The summed E-state index contributed by atoms with van der Waals surface area (Å²) in [6, 6.07) is 0.347. The number of aromatic nitrogens is 3. The van der Waals surface area contributed by atoms with Crippen LogP contribution < -0.4 is 10.6 Å². The third-order valence-corrected chi connectivity index (χ3v) is 5.66. The number of rotatable bonds is 5. The molecule has 6 heteroatoms. The molecule has 4 rings (SSSR count). The molecule has 3 aliphatic rings. The maximum absolute atomic E-state index is 12.1. The average Bonchev–Trinajstić information content (AvgIpc) is 3.18. The Kier molecular flexibility index (Phi) is 4.23. The van der Waals surface area contributed by atoms with Gasteiger partial charge >= 0.3 is 6.03 Å². The molecule has 0 spiro atoms. The van der Waals surface area contributed by atoms with E-state index in [0.29, 0.717) is 12.6 Å². The molecule has 2 N–H and O–H groups in total. The van der Waals surface area contributed by atoms with E-state index >= 15 is 0 Å². The maximum atomic E-state index is 12.1. The summed E-state index contributed by atoms with van der Waals surface area (Å²) in [4.78, 5) is 12.1. The van der Waals surface area contributed by atoms with Crippen molar-refractivity contribution in [2.45, 2.75) is 70.4 Å². The van der Waals surface area contributed by atoms with Crippen LogP contribution >= 0.6 is 0 Å². The molecular formula is C17H27N5O. The Morgan fingerprint density at radius 2 is 2.04 bits per heavy atom. The monoisotopic (exact) mass is 317 g/mol. The number of urea groups is 1. The quantitative estimate of drug-likeness (QED) is 0.873. The second-order valence-corrected chi connectivity index (χ2v) is 7.40. The Morgan fingerprint density at radius 3 is 2.91 bits per heavy atom. The number of fused-ring (bicyclic) bond motifs is 1. The number of nitrogens with zero attached hydrogens (tertiary/aromatic N) is 3. The lowest BCUT2D eigenvalue weighted by Gasteiger charge is -2.29. The smallest absolute Gasteiger partial charge is 0.315 e. The molecule has 1 aromatic rings. The first-order valence-electron chi connectivity index (χ1n) is 9.25. The zero-order valence-electron chi connectivity index (χ0n) is 13.8. The van der Waals surface area contributed by atoms with Gasteiger partial charge in [0, 0.05) is 32.0 Å². The third-order valence-electron chi connectivity index (χ3n) is 5.66. The average molecular weight is 317 g/mol. The molecule has 2 amide bonds. The van der Waals surface area contributed by atoms with E-state index in [2.05, 4.69) is 25.4 Å². The van der Waals surface area contributed by atoms with Gasteiger partial charge in [0.15, 0.2) is 0 Å². The molecule has 1 aliphatic heterocycles. The fourth-order valence-corrected chi connectivity index (χ4v) is 4.27. The lowest BCUT2D eigenvalue weighted by atomic mass is 9.83. The molecular weight excluding hydrogens is 290 g/mol. The predicted octanol–water partition coefficient (Wildman–Crippen LogP) is 2.03. The topological polar surface area (TPSA) is 71.8 Å². The highest BCUT2D eigenvalue weighted by Crippen LogP contribution is 2.43. The van der Waals surface area contributed by atoms with Crippen molar-refractivity contribution in [3.8, 4) is 0 Å². The van der Waals surface area contributed by atoms with Gasteiger partial charge in [-0.1, -0.05) is 12.8 Å². The van der Waals surface area contributed by atoms with Crippen LogP contribution in [0.3, 0.4) is 0 Å².